The van der Waals surface area contributed by atoms with Crippen molar-refractivity contribution in [2.75, 3.05) is 7.11 Å². The molecular formula is C26H37FN2O6. The molecule has 8 nitrogen and oxygen atoms in total. The van der Waals surface area contributed by atoms with Crippen molar-refractivity contribution in [1.29, 1.82) is 0 Å². The van der Waals surface area contributed by atoms with E-state index in [0.29, 0.717) is 44.4 Å². The zero-order chi connectivity index (χ0) is 25.7. The number of carbonyl (C=O) groups is 3. The van der Waals surface area contributed by atoms with Gasteiger partial charge >= 0.3 is 5.97 Å². The number of hydrogen-bond acceptors (Lipinski definition) is 5. The fraction of sp³-hybridized carbons (Fsp3) is 0.654. The van der Waals surface area contributed by atoms with Crippen LogP contribution in [0.5, 0.6) is 11.5 Å². The molecule has 194 valence electrons. The van der Waals surface area contributed by atoms with Crippen molar-refractivity contribution in [3.8, 4) is 11.5 Å². The number of aliphatic carboxylic acids is 1. The number of ether oxygens (including phenoxy) is 2. The van der Waals surface area contributed by atoms with E-state index in [1.54, 1.807) is 0 Å². The van der Waals surface area contributed by atoms with Gasteiger partial charge in [-0.1, -0.05) is 20.3 Å². The summed E-state index contributed by atoms with van der Waals surface area (Å²) in [5.74, 6) is -2.42. The molecule has 2 aliphatic carbocycles. The number of methoxy groups -OCH3 is 1. The number of carboxylic acid groups (broad SMARTS) is 1. The van der Waals surface area contributed by atoms with Gasteiger partial charge in [0, 0.05) is 18.2 Å². The highest BCUT2D eigenvalue weighted by Crippen LogP contribution is 2.33. The average molecular weight is 493 g/mol. The third-order valence-electron chi connectivity index (χ3n) is 7.35. The fourth-order valence-electron chi connectivity index (χ4n) is 4.77. The van der Waals surface area contributed by atoms with Gasteiger partial charge in [0.25, 0.3) is 5.91 Å². The molecular weight excluding hydrogens is 455 g/mol. The quantitative estimate of drug-likeness (QED) is 0.482. The minimum atomic E-state index is -0.824. The summed E-state index contributed by atoms with van der Waals surface area (Å²) in [5, 5.41) is 15.2. The Hall–Kier alpha value is -2.84. The molecule has 35 heavy (non-hydrogen) atoms. The molecule has 2 fully saturated rings. The highest BCUT2D eigenvalue weighted by atomic mass is 19.1. The van der Waals surface area contributed by atoms with Crippen LogP contribution in [0.4, 0.5) is 4.39 Å². The minimum absolute atomic E-state index is 0.0296. The Kier molecular flexibility index (Phi) is 8.97. The molecule has 2 aliphatic rings. The molecule has 0 heterocycles. The highest BCUT2D eigenvalue weighted by molar-refractivity contribution is 5.98. The zero-order valence-corrected chi connectivity index (χ0v) is 20.9. The Bertz CT molecular complexity index is 929. The molecule has 3 rings (SSSR count). The number of halogens is 1. The Labute approximate surface area is 205 Å². The summed E-state index contributed by atoms with van der Waals surface area (Å²) in [6.07, 6.45) is 3.80. The van der Waals surface area contributed by atoms with Gasteiger partial charge in [-0.3, -0.25) is 14.4 Å². The van der Waals surface area contributed by atoms with Crippen molar-refractivity contribution in [2.45, 2.75) is 83.9 Å². The van der Waals surface area contributed by atoms with Crippen LogP contribution < -0.4 is 20.1 Å². The second kappa shape index (κ2) is 11.7. The lowest BCUT2D eigenvalue weighted by Gasteiger charge is -2.27. The number of benzene rings is 1. The van der Waals surface area contributed by atoms with Crippen LogP contribution in [-0.4, -0.2) is 48.2 Å². The van der Waals surface area contributed by atoms with Crippen LogP contribution in [0.15, 0.2) is 12.1 Å². The second-order valence-corrected chi connectivity index (χ2v) is 10.1. The summed E-state index contributed by atoms with van der Waals surface area (Å²) in [5.41, 5.74) is 0.129. The summed E-state index contributed by atoms with van der Waals surface area (Å²) < 4.78 is 25.8. The summed E-state index contributed by atoms with van der Waals surface area (Å²) in [6.45, 7) is 6.04. The van der Waals surface area contributed by atoms with Gasteiger partial charge in [-0.2, -0.15) is 0 Å². The van der Waals surface area contributed by atoms with Crippen LogP contribution in [0.3, 0.4) is 0 Å². The van der Waals surface area contributed by atoms with E-state index >= 15 is 0 Å². The fourth-order valence-corrected chi connectivity index (χ4v) is 4.77. The monoisotopic (exact) mass is 492 g/mol. The normalized spacial score (nSPS) is 25.1. The number of hydrogen-bond donors (Lipinski definition) is 3. The smallest absolute Gasteiger partial charge is 0.306 e. The molecule has 0 bridgehead atoms. The highest BCUT2D eigenvalue weighted by Gasteiger charge is 2.35. The zero-order valence-electron chi connectivity index (χ0n) is 20.9. The van der Waals surface area contributed by atoms with Gasteiger partial charge < -0.3 is 25.2 Å². The van der Waals surface area contributed by atoms with E-state index < -0.39 is 23.6 Å². The van der Waals surface area contributed by atoms with Crippen LogP contribution in [0.25, 0.3) is 0 Å². The first-order valence-electron chi connectivity index (χ1n) is 12.5. The van der Waals surface area contributed by atoms with Gasteiger partial charge in [-0.05, 0) is 57.4 Å². The Morgan fingerprint density at radius 1 is 1.03 bits per heavy atom. The van der Waals surface area contributed by atoms with Crippen molar-refractivity contribution >= 4 is 17.8 Å². The first kappa shape index (κ1) is 26.8. The Morgan fingerprint density at radius 3 is 2.31 bits per heavy atom. The summed E-state index contributed by atoms with van der Waals surface area (Å²) in [4.78, 5) is 37.2. The van der Waals surface area contributed by atoms with Gasteiger partial charge in [0.1, 0.15) is 5.75 Å². The van der Waals surface area contributed by atoms with Crippen LogP contribution in [0, 0.1) is 23.6 Å². The molecule has 0 aromatic heterocycles. The lowest BCUT2D eigenvalue weighted by Crippen LogP contribution is -2.47. The predicted octanol–water partition coefficient (Wildman–Crippen LogP) is 3.92. The number of nitrogens with one attached hydrogen (secondary N) is 2. The predicted molar refractivity (Wildman–Crippen MR) is 128 cm³/mol. The van der Waals surface area contributed by atoms with Crippen LogP contribution >= 0.6 is 0 Å². The molecule has 1 aromatic rings. The third-order valence-corrected chi connectivity index (χ3v) is 7.35. The summed E-state index contributed by atoms with van der Waals surface area (Å²) >= 11 is 0. The molecule has 0 aliphatic heterocycles. The van der Waals surface area contributed by atoms with Crippen molar-refractivity contribution in [3.05, 3.63) is 23.5 Å². The molecule has 0 saturated heterocycles. The molecule has 1 aromatic carbocycles. The molecule has 3 atom stereocenters. The van der Waals surface area contributed by atoms with Gasteiger partial charge in [0.15, 0.2) is 11.6 Å². The Morgan fingerprint density at radius 2 is 1.71 bits per heavy atom. The molecule has 3 N–H and O–H groups in total. The lowest BCUT2D eigenvalue weighted by atomic mass is 9.87. The molecule has 3 unspecified atom stereocenters. The van der Waals surface area contributed by atoms with E-state index in [0.717, 1.165) is 12.5 Å². The van der Waals surface area contributed by atoms with Crippen molar-refractivity contribution in [3.63, 3.8) is 0 Å². The third kappa shape index (κ3) is 6.64. The van der Waals surface area contributed by atoms with Crippen molar-refractivity contribution in [1.82, 2.24) is 10.6 Å². The number of carboxylic acids is 1. The number of amides is 2. The van der Waals surface area contributed by atoms with Gasteiger partial charge in [-0.25, -0.2) is 4.39 Å². The minimum Gasteiger partial charge on any atom is -0.496 e. The molecule has 2 amide bonds. The molecule has 0 radical (unpaired) electrons. The summed E-state index contributed by atoms with van der Waals surface area (Å²) in [6, 6.07) is 2.16. The average Bonchev–Trinajstić information content (AvgIpc) is 3.28. The standard InChI is InChI=1S/C26H37FN2O6/c1-14(2)15(3)28-24(30)18-6-5-7-21(18)29-25(31)19-12-23(20(27)13-22(19)34-4)35-17-10-8-16(9-11-17)26(32)33/h12-18,21H,5-11H2,1-4H3,(H,28,30)(H,29,31)(H,32,33). The first-order valence-corrected chi connectivity index (χ1v) is 12.5. The second-order valence-electron chi connectivity index (χ2n) is 10.1. The van der Waals surface area contributed by atoms with Gasteiger partial charge in [-0.15, -0.1) is 0 Å². The van der Waals surface area contributed by atoms with E-state index in [4.69, 9.17) is 14.6 Å². The largest absolute Gasteiger partial charge is 0.496 e. The van der Waals surface area contributed by atoms with Crippen LogP contribution in [0.1, 0.15) is 76.1 Å². The Balaban J connectivity index is 1.70. The van der Waals surface area contributed by atoms with Crippen molar-refractivity contribution < 1.29 is 33.4 Å². The van der Waals surface area contributed by atoms with Gasteiger partial charge in [0.2, 0.25) is 5.91 Å². The maximum atomic E-state index is 14.7. The van der Waals surface area contributed by atoms with Gasteiger partial charge in [0.05, 0.1) is 30.6 Å². The van der Waals surface area contributed by atoms with Crippen LogP contribution in [0.2, 0.25) is 0 Å². The SMILES string of the molecule is COc1cc(F)c(OC2CCC(C(=O)O)CC2)cc1C(=O)NC1CCCC1C(=O)NC(C)C(C)C. The topological polar surface area (TPSA) is 114 Å². The molecule has 2 saturated carbocycles. The molecule has 9 heteroatoms. The number of carbonyl (C=O) groups excluding carboxylic acids is 2. The lowest BCUT2D eigenvalue weighted by molar-refractivity contribution is -0.143. The number of rotatable bonds is 9. The van der Waals surface area contributed by atoms with E-state index in [9.17, 15) is 18.8 Å². The van der Waals surface area contributed by atoms with Crippen LogP contribution in [-0.2, 0) is 9.59 Å². The van der Waals surface area contributed by atoms with E-state index in [1.807, 2.05) is 20.8 Å². The maximum Gasteiger partial charge on any atom is 0.306 e. The van der Waals surface area contributed by atoms with Crippen molar-refractivity contribution in [2.24, 2.45) is 17.8 Å². The maximum absolute atomic E-state index is 14.7. The molecule has 0 spiro atoms. The van der Waals surface area contributed by atoms with E-state index in [-0.39, 0.29) is 47.1 Å². The van der Waals surface area contributed by atoms with E-state index in [1.165, 1.54) is 13.2 Å². The van der Waals surface area contributed by atoms with E-state index in [2.05, 4.69) is 10.6 Å². The first-order chi connectivity index (χ1) is 16.6. The summed E-state index contributed by atoms with van der Waals surface area (Å²) in [7, 11) is 1.36.